The van der Waals surface area contributed by atoms with E-state index in [1.807, 2.05) is 25.1 Å². The Morgan fingerprint density at radius 2 is 2.11 bits per heavy atom. The number of amides is 1. The Balaban J connectivity index is 2.20. The number of ether oxygens (including phenoxy) is 1. The van der Waals surface area contributed by atoms with Gasteiger partial charge in [0.05, 0.1) is 12.5 Å². The normalized spacial score (nSPS) is 15.7. The van der Waals surface area contributed by atoms with Gasteiger partial charge in [0.1, 0.15) is 12.3 Å². The van der Waals surface area contributed by atoms with Crippen molar-refractivity contribution in [3.8, 4) is 5.75 Å². The van der Waals surface area contributed by atoms with E-state index < -0.39 is 11.4 Å². The highest BCUT2D eigenvalue weighted by molar-refractivity contribution is 5.93. The number of hydrogen-bond donors (Lipinski definition) is 2. The zero-order valence-electron chi connectivity index (χ0n) is 11.0. The van der Waals surface area contributed by atoms with Gasteiger partial charge in [0, 0.05) is 0 Å². The molecule has 1 aromatic carbocycles. The average molecular weight is 263 g/mol. The lowest BCUT2D eigenvalue weighted by Crippen LogP contribution is -2.37. The van der Waals surface area contributed by atoms with Gasteiger partial charge in [-0.15, -0.1) is 0 Å². The monoisotopic (exact) mass is 263 g/mol. The summed E-state index contributed by atoms with van der Waals surface area (Å²) in [4.78, 5) is 22.6. The summed E-state index contributed by atoms with van der Waals surface area (Å²) in [6, 6.07) is 5.69. The zero-order valence-corrected chi connectivity index (χ0v) is 11.0. The van der Waals surface area contributed by atoms with Crippen LogP contribution in [0, 0.1) is 6.92 Å². The first kappa shape index (κ1) is 13.4. The lowest BCUT2D eigenvalue weighted by atomic mass is 9.93. The number of rotatable bonds is 5. The molecule has 19 heavy (non-hydrogen) atoms. The van der Waals surface area contributed by atoms with Crippen LogP contribution < -0.4 is 10.1 Å². The van der Waals surface area contributed by atoms with Crippen LogP contribution in [0.1, 0.15) is 24.0 Å². The molecule has 2 N–H and O–H groups in total. The lowest BCUT2D eigenvalue weighted by Gasteiger charge is -2.16. The summed E-state index contributed by atoms with van der Waals surface area (Å²) >= 11 is 0. The maximum atomic E-state index is 12.1. The molecule has 0 unspecified atom stereocenters. The van der Waals surface area contributed by atoms with E-state index in [1.165, 1.54) is 0 Å². The number of carboxylic acid groups (broad SMARTS) is 1. The van der Waals surface area contributed by atoms with E-state index in [4.69, 9.17) is 9.84 Å². The van der Waals surface area contributed by atoms with Crippen LogP contribution >= 0.6 is 0 Å². The van der Waals surface area contributed by atoms with E-state index in [1.54, 1.807) is 7.11 Å². The van der Waals surface area contributed by atoms with Crippen molar-refractivity contribution in [3.63, 3.8) is 0 Å². The van der Waals surface area contributed by atoms with E-state index in [9.17, 15) is 9.59 Å². The second-order valence-corrected chi connectivity index (χ2v) is 4.84. The quantitative estimate of drug-likeness (QED) is 0.838. The lowest BCUT2D eigenvalue weighted by molar-refractivity contribution is -0.138. The predicted molar refractivity (Wildman–Crippen MR) is 69.3 cm³/mol. The smallest absolute Gasteiger partial charge is 0.322 e. The van der Waals surface area contributed by atoms with Gasteiger partial charge in [-0.3, -0.25) is 9.59 Å². The summed E-state index contributed by atoms with van der Waals surface area (Å²) in [6.45, 7) is 1.59. The highest BCUT2D eigenvalue weighted by atomic mass is 16.5. The molecule has 0 heterocycles. The van der Waals surface area contributed by atoms with Crippen LogP contribution in [-0.4, -0.2) is 30.6 Å². The minimum Gasteiger partial charge on any atom is -0.496 e. The van der Waals surface area contributed by atoms with Crippen LogP contribution in [0.4, 0.5) is 0 Å². The highest BCUT2D eigenvalue weighted by Gasteiger charge is 2.51. The number of carbonyl (C=O) groups excluding carboxylic acids is 1. The molecule has 102 valence electrons. The van der Waals surface area contributed by atoms with Crippen molar-refractivity contribution < 1.29 is 19.4 Å². The summed E-state index contributed by atoms with van der Waals surface area (Å²) in [5, 5.41) is 11.1. The third-order valence-electron chi connectivity index (χ3n) is 3.55. The fraction of sp³-hybridized carbons (Fsp3) is 0.429. The van der Waals surface area contributed by atoms with Crippen molar-refractivity contribution in [1.29, 1.82) is 0 Å². The van der Waals surface area contributed by atoms with Crippen molar-refractivity contribution in [3.05, 3.63) is 29.3 Å². The fourth-order valence-electron chi connectivity index (χ4n) is 2.21. The van der Waals surface area contributed by atoms with Crippen molar-refractivity contribution in [2.75, 3.05) is 13.7 Å². The van der Waals surface area contributed by atoms with E-state index in [-0.39, 0.29) is 12.5 Å². The Hall–Kier alpha value is -2.04. The van der Waals surface area contributed by atoms with Gasteiger partial charge in [-0.1, -0.05) is 12.1 Å². The molecule has 0 bridgehead atoms. The van der Waals surface area contributed by atoms with Gasteiger partial charge in [0.25, 0.3) is 0 Å². The van der Waals surface area contributed by atoms with Crippen LogP contribution in [0.2, 0.25) is 0 Å². The minimum absolute atomic E-state index is 0.221. The van der Waals surface area contributed by atoms with Gasteiger partial charge in [-0.2, -0.15) is 0 Å². The summed E-state index contributed by atoms with van der Waals surface area (Å²) in [6.07, 6.45) is 1.48. The minimum atomic E-state index is -1.04. The Bertz CT molecular complexity index is 520. The first-order valence-electron chi connectivity index (χ1n) is 6.15. The van der Waals surface area contributed by atoms with Gasteiger partial charge in [-0.25, -0.2) is 0 Å². The van der Waals surface area contributed by atoms with Crippen molar-refractivity contribution in [1.82, 2.24) is 5.32 Å². The van der Waals surface area contributed by atoms with Crippen molar-refractivity contribution in [2.24, 2.45) is 0 Å². The SMILES string of the molecule is COc1cc(C2(C(=O)NCC(=O)O)CC2)ccc1C. The van der Waals surface area contributed by atoms with Crippen LogP contribution in [0.25, 0.3) is 0 Å². The Kier molecular flexibility index (Phi) is 3.46. The summed E-state index contributed by atoms with van der Waals surface area (Å²) in [7, 11) is 1.59. The number of nitrogens with one attached hydrogen (secondary N) is 1. The molecule has 0 aliphatic heterocycles. The van der Waals surface area contributed by atoms with Gasteiger partial charge in [0.15, 0.2) is 0 Å². The van der Waals surface area contributed by atoms with Gasteiger partial charge < -0.3 is 15.2 Å². The van der Waals surface area contributed by atoms with Crippen molar-refractivity contribution >= 4 is 11.9 Å². The first-order valence-corrected chi connectivity index (χ1v) is 6.15. The number of benzene rings is 1. The second-order valence-electron chi connectivity index (χ2n) is 4.84. The van der Waals surface area contributed by atoms with Crippen LogP contribution in [-0.2, 0) is 15.0 Å². The van der Waals surface area contributed by atoms with E-state index in [0.29, 0.717) is 0 Å². The summed E-state index contributed by atoms with van der Waals surface area (Å²) in [5.41, 5.74) is 1.32. The molecule has 0 aromatic heterocycles. The van der Waals surface area contributed by atoms with Gasteiger partial charge in [-0.05, 0) is 37.0 Å². The van der Waals surface area contributed by atoms with E-state index in [2.05, 4.69) is 5.32 Å². The molecule has 2 rings (SSSR count). The highest BCUT2D eigenvalue weighted by Crippen LogP contribution is 2.49. The molecule has 1 aliphatic rings. The largest absolute Gasteiger partial charge is 0.496 e. The van der Waals surface area contributed by atoms with Crippen LogP contribution in [0.3, 0.4) is 0 Å². The Labute approximate surface area is 111 Å². The molecule has 0 spiro atoms. The molecule has 5 nitrogen and oxygen atoms in total. The van der Waals surface area contributed by atoms with Gasteiger partial charge >= 0.3 is 5.97 Å². The van der Waals surface area contributed by atoms with Crippen LogP contribution in [0.15, 0.2) is 18.2 Å². The number of methoxy groups -OCH3 is 1. The molecular weight excluding hydrogens is 246 g/mol. The maximum absolute atomic E-state index is 12.1. The molecule has 1 amide bonds. The topological polar surface area (TPSA) is 75.6 Å². The summed E-state index contributed by atoms with van der Waals surface area (Å²) < 4.78 is 5.26. The number of aryl methyl sites for hydroxylation is 1. The standard InChI is InChI=1S/C14H17NO4/c1-9-3-4-10(7-11(9)19-2)14(5-6-14)13(18)15-8-12(16)17/h3-4,7H,5-6,8H2,1-2H3,(H,15,18)(H,16,17). The number of carbonyl (C=O) groups is 2. The number of carboxylic acids is 1. The molecule has 0 atom stereocenters. The Morgan fingerprint density at radius 1 is 1.42 bits per heavy atom. The third kappa shape index (κ3) is 2.54. The molecule has 1 aromatic rings. The molecule has 1 saturated carbocycles. The maximum Gasteiger partial charge on any atom is 0.322 e. The molecular formula is C14H17NO4. The number of hydrogen-bond acceptors (Lipinski definition) is 3. The van der Waals surface area contributed by atoms with Crippen molar-refractivity contribution in [2.45, 2.75) is 25.2 Å². The molecule has 1 fully saturated rings. The molecule has 0 saturated heterocycles. The molecule has 5 heteroatoms. The third-order valence-corrected chi connectivity index (χ3v) is 3.55. The molecule has 1 aliphatic carbocycles. The zero-order chi connectivity index (χ0) is 14.0. The second kappa shape index (κ2) is 4.91. The average Bonchev–Trinajstić information content (AvgIpc) is 3.18. The number of aliphatic carboxylic acids is 1. The van der Waals surface area contributed by atoms with E-state index in [0.717, 1.165) is 29.7 Å². The van der Waals surface area contributed by atoms with Crippen LogP contribution in [0.5, 0.6) is 5.75 Å². The summed E-state index contributed by atoms with van der Waals surface area (Å²) in [5.74, 6) is -0.513. The first-order chi connectivity index (χ1) is 8.99. The van der Waals surface area contributed by atoms with E-state index >= 15 is 0 Å². The Morgan fingerprint density at radius 3 is 2.63 bits per heavy atom. The molecule has 0 radical (unpaired) electrons. The van der Waals surface area contributed by atoms with Gasteiger partial charge in [0.2, 0.25) is 5.91 Å². The fourth-order valence-corrected chi connectivity index (χ4v) is 2.21. The predicted octanol–water partition coefficient (Wildman–Crippen LogP) is 1.24.